The lowest BCUT2D eigenvalue weighted by atomic mass is 10.0. The van der Waals surface area contributed by atoms with Crippen LogP contribution in [0.3, 0.4) is 0 Å². The van der Waals surface area contributed by atoms with E-state index in [0.29, 0.717) is 37.8 Å². The lowest BCUT2D eigenvalue weighted by Gasteiger charge is -2.33. The zero-order valence-corrected chi connectivity index (χ0v) is 17.7. The molecule has 3 heterocycles. The Balaban J connectivity index is 1.78. The molecule has 1 aromatic heterocycles. The summed E-state index contributed by atoms with van der Waals surface area (Å²) in [6, 6.07) is 2.41. The molecule has 0 bridgehead atoms. The Hall–Kier alpha value is -3.27. The average molecular weight is 446 g/mol. The van der Waals surface area contributed by atoms with Crippen LogP contribution in [-0.4, -0.2) is 46.0 Å². The molecule has 0 aliphatic carbocycles. The number of pyridine rings is 1. The molecular formula is C22H24F2N4O4. The number of halogens is 2. The number of amides is 2. The fourth-order valence-electron chi connectivity index (χ4n) is 4.60. The van der Waals surface area contributed by atoms with Crippen LogP contribution in [0.5, 0.6) is 5.75 Å². The largest absolute Gasteiger partial charge is 0.503 e. The van der Waals surface area contributed by atoms with E-state index in [1.54, 1.807) is 9.47 Å². The molecular weight excluding hydrogens is 422 g/mol. The standard InChI is InChI=1S/C22H24F2N4O4/c1-3-25-15-8-13-10-27(4-2)22(32)18-20(30)19(29)16(17(15)28(13)18)21(31)26-9-11-5-6-12(23)7-14(11)24/h5-7,13,15,25,30H,3-4,8-10H2,1-2H3,(H,26,31)/t13-,15-/m0/s1. The molecule has 170 valence electrons. The highest BCUT2D eigenvalue weighted by atomic mass is 19.1. The minimum atomic E-state index is -0.946. The minimum absolute atomic E-state index is 0.0494. The van der Waals surface area contributed by atoms with Gasteiger partial charge < -0.3 is 25.2 Å². The molecule has 2 aliphatic heterocycles. The van der Waals surface area contributed by atoms with E-state index in [-0.39, 0.29) is 35.4 Å². The molecule has 10 heteroatoms. The number of carbonyl (C=O) groups is 2. The highest BCUT2D eigenvalue weighted by molar-refractivity contribution is 6.00. The summed E-state index contributed by atoms with van der Waals surface area (Å²) in [6.45, 7) is 4.82. The Labute approximate surface area is 182 Å². The molecule has 0 unspecified atom stereocenters. The fraction of sp³-hybridized carbons (Fsp3) is 0.409. The third-order valence-electron chi connectivity index (χ3n) is 6.06. The Bertz CT molecular complexity index is 1160. The van der Waals surface area contributed by atoms with Crippen LogP contribution in [-0.2, 0) is 6.54 Å². The molecule has 32 heavy (non-hydrogen) atoms. The zero-order chi connectivity index (χ0) is 23.2. The van der Waals surface area contributed by atoms with Gasteiger partial charge in [0.15, 0.2) is 11.4 Å². The summed E-state index contributed by atoms with van der Waals surface area (Å²) in [5.41, 5.74) is -0.938. The Morgan fingerprint density at radius 3 is 2.66 bits per heavy atom. The van der Waals surface area contributed by atoms with E-state index >= 15 is 0 Å². The van der Waals surface area contributed by atoms with E-state index in [9.17, 15) is 28.3 Å². The normalized spacial score (nSPS) is 19.2. The summed E-state index contributed by atoms with van der Waals surface area (Å²) in [4.78, 5) is 40.5. The van der Waals surface area contributed by atoms with Crippen molar-refractivity contribution in [3.05, 3.63) is 62.6 Å². The SMILES string of the molecule is CCN[C@H]1C[C@H]2CN(CC)C(=O)c3c(O)c(=O)c(C(=O)NCc4ccc(F)cc4F)c1n32. The molecule has 2 atom stereocenters. The maximum atomic E-state index is 14.0. The van der Waals surface area contributed by atoms with Gasteiger partial charge in [0.1, 0.15) is 17.2 Å². The maximum Gasteiger partial charge on any atom is 0.274 e. The van der Waals surface area contributed by atoms with Gasteiger partial charge >= 0.3 is 0 Å². The molecule has 0 radical (unpaired) electrons. The van der Waals surface area contributed by atoms with Gasteiger partial charge in [-0.25, -0.2) is 8.78 Å². The van der Waals surface area contributed by atoms with Gasteiger partial charge in [-0.1, -0.05) is 13.0 Å². The molecule has 0 spiro atoms. The van der Waals surface area contributed by atoms with Crippen LogP contribution < -0.4 is 16.1 Å². The Morgan fingerprint density at radius 2 is 2.00 bits per heavy atom. The second kappa shape index (κ2) is 8.34. The van der Waals surface area contributed by atoms with Gasteiger partial charge in [0, 0.05) is 31.3 Å². The smallest absolute Gasteiger partial charge is 0.274 e. The van der Waals surface area contributed by atoms with Gasteiger partial charge in [0.2, 0.25) is 5.43 Å². The third kappa shape index (κ3) is 3.44. The first-order valence-corrected chi connectivity index (χ1v) is 10.5. The molecule has 2 aliphatic rings. The monoisotopic (exact) mass is 446 g/mol. The van der Waals surface area contributed by atoms with Crippen molar-refractivity contribution in [3.63, 3.8) is 0 Å². The highest BCUT2D eigenvalue weighted by Crippen LogP contribution is 2.42. The number of benzene rings is 1. The molecule has 1 aromatic carbocycles. The van der Waals surface area contributed by atoms with Gasteiger partial charge in [0.05, 0.1) is 17.8 Å². The summed E-state index contributed by atoms with van der Waals surface area (Å²) < 4.78 is 28.7. The molecule has 3 N–H and O–H groups in total. The second-order valence-electron chi connectivity index (χ2n) is 7.92. The van der Waals surface area contributed by atoms with Gasteiger partial charge in [-0.05, 0) is 26.0 Å². The molecule has 4 rings (SSSR count). The predicted octanol–water partition coefficient (Wildman–Crippen LogP) is 1.83. The summed E-state index contributed by atoms with van der Waals surface area (Å²) >= 11 is 0. The van der Waals surface area contributed by atoms with Gasteiger partial charge in [-0.15, -0.1) is 0 Å². The van der Waals surface area contributed by atoms with Gasteiger partial charge in [-0.2, -0.15) is 0 Å². The quantitative estimate of drug-likeness (QED) is 0.628. The second-order valence-corrected chi connectivity index (χ2v) is 7.92. The number of rotatable bonds is 6. The minimum Gasteiger partial charge on any atom is -0.503 e. The third-order valence-corrected chi connectivity index (χ3v) is 6.06. The van der Waals surface area contributed by atoms with Crippen LogP contribution >= 0.6 is 0 Å². The van der Waals surface area contributed by atoms with Crippen molar-refractivity contribution in [2.24, 2.45) is 0 Å². The summed E-state index contributed by atoms with van der Waals surface area (Å²) in [6.07, 6.45) is 0.542. The molecule has 0 saturated heterocycles. The van der Waals surface area contributed by atoms with Crippen molar-refractivity contribution in [3.8, 4) is 5.75 Å². The highest BCUT2D eigenvalue weighted by Gasteiger charge is 2.44. The lowest BCUT2D eigenvalue weighted by Crippen LogP contribution is -2.44. The van der Waals surface area contributed by atoms with Crippen molar-refractivity contribution in [2.75, 3.05) is 19.6 Å². The van der Waals surface area contributed by atoms with E-state index in [2.05, 4.69) is 10.6 Å². The van der Waals surface area contributed by atoms with Crippen molar-refractivity contribution in [1.82, 2.24) is 20.1 Å². The Kier molecular flexibility index (Phi) is 5.72. The van der Waals surface area contributed by atoms with Crippen molar-refractivity contribution < 1.29 is 23.5 Å². The zero-order valence-electron chi connectivity index (χ0n) is 17.7. The Morgan fingerprint density at radius 1 is 1.25 bits per heavy atom. The molecule has 0 saturated carbocycles. The summed E-state index contributed by atoms with van der Waals surface area (Å²) in [5.74, 6) is -3.59. The predicted molar refractivity (Wildman–Crippen MR) is 112 cm³/mol. The van der Waals surface area contributed by atoms with Gasteiger partial charge in [-0.3, -0.25) is 14.4 Å². The first-order chi connectivity index (χ1) is 15.3. The van der Waals surface area contributed by atoms with E-state index in [0.717, 1.165) is 6.07 Å². The lowest BCUT2D eigenvalue weighted by molar-refractivity contribution is 0.0675. The molecule has 0 fully saturated rings. The fourth-order valence-corrected chi connectivity index (χ4v) is 4.60. The summed E-state index contributed by atoms with van der Waals surface area (Å²) in [5, 5.41) is 16.4. The number of aromatic hydroxyl groups is 1. The number of nitrogens with zero attached hydrogens (tertiary/aromatic N) is 2. The van der Waals surface area contributed by atoms with Crippen molar-refractivity contribution in [2.45, 2.75) is 38.9 Å². The number of carbonyl (C=O) groups excluding carboxylic acids is 2. The van der Waals surface area contributed by atoms with Gasteiger partial charge in [0.25, 0.3) is 11.8 Å². The topological polar surface area (TPSA) is 104 Å². The van der Waals surface area contributed by atoms with Crippen LogP contribution in [0, 0.1) is 11.6 Å². The number of hydrogen-bond acceptors (Lipinski definition) is 5. The van der Waals surface area contributed by atoms with E-state index in [1.165, 1.54) is 6.07 Å². The molecule has 2 amide bonds. The molecule has 2 aromatic rings. The van der Waals surface area contributed by atoms with E-state index < -0.39 is 34.6 Å². The summed E-state index contributed by atoms with van der Waals surface area (Å²) in [7, 11) is 0. The van der Waals surface area contributed by atoms with E-state index in [1.807, 2.05) is 13.8 Å². The average Bonchev–Trinajstić information content (AvgIpc) is 3.10. The van der Waals surface area contributed by atoms with Crippen molar-refractivity contribution in [1.29, 1.82) is 0 Å². The number of likely N-dealkylation sites (N-methyl/N-ethyl adjacent to an activating group) is 1. The molecule has 8 nitrogen and oxygen atoms in total. The van der Waals surface area contributed by atoms with Crippen LogP contribution in [0.2, 0.25) is 0 Å². The number of hydrogen-bond donors (Lipinski definition) is 3. The van der Waals surface area contributed by atoms with Crippen molar-refractivity contribution >= 4 is 11.8 Å². The van der Waals surface area contributed by atoms with Crippen LogP contribution in [0.25, 0.3) is 0 Å². The maximum absolute atomic E-state index is 14.0. The number of nitrogens with one attached hydrogen (secondary N) is 2. The van der Waals surface area contributed by atoms with E-state index in [4.69, 9.17) is 0 Å². The van der Waals surface area contributed by atoms with Crippen LogP contribution in [0.1, 0.15) is 64.5 Å². The van der Waals surface area contributed by atoms with Crippen LogP contribution in [0.4, 0.5) is 8.78 Å². The first kappa shape index (κ1) is 21.9. The first-order valence-electron chi connectivity index (χ1n) is 10.5. The van der Waals surface area contributed by atoms with Crippen LogP contribution in [0.15, 0.2) is 23.0 Å². The number of aromatic nitrogens is 1.